The van der Waals surface area contributed by atoms with Gasteiger partial charge in [-0.05, 0) is 11.6 Å². The summed E-state index contributed by atoms with van der Waals surface area (Å²) >= 11 is 0. The topological polar surface area (TPSA) is 12.9 Å². The van der Waals surface area contributed by atoms with Crippen LogP contribution in [0.3, 0.4) is 0 Å². The van der Waals surface area contributed by atoms with Gasteiger partial charge >= 0.3 is 0 Å². The Labute approximate surface area is 80.0 Å². The van der Waals surface area contributed by atoms with Gasteiger partial charge in [0.05, 0.1) is 0 Å². The summed E-state index contributed by atoms with van der Waals surface area (Å²) in [6.07, 6.45) is 1.25. The molecule has 1 nitrogen and oxygen atoms in total. The number of halogens is 2. The standard InChI is InChI=1S/C11H7F2N/c12-10-9(6-7-14-11(10)13)8-4-2-1-3-5-8/h1-7H. The van der Waals surface area contributed by atoms with Gasteiger partial charge in [0.15, 0.2) is 5.82 Å². The molecule has 0 N–H and O–H groups in total. The number of nitrogens with zero attached hydrogens (tertiary/aromatic N) is 1. The number of aromatic nitrogens is 1. The van der Waals surface area contributed by atoms with Crippen molar-refractivity contribution >= 4 is 0 Å². The third kappa shape index (κ3) is 1.48. The molecule has 0 spiro atoms. The van der Waals surface area contributed by atoms with Crippen molar-refractivity contribution in [3.05, 3.63) is 54.4 Å². The van der Waals surface area contributed by atoms with E-state index in [4.69, 9.17) is 0 Å². The fourth-order valence-corrected chi connectivity index (χ4v) is 1.26. The second-order valence-corrected chi connectivity index (χ2v) is 2.83. The van der Waals surface area contributed by atoms with Crippen LogP contribution < -0.4 is 0 Å². The molecule has 1 aromatic carbocycles. The molecule has 0 aliphatic heterocycles. The lowest BCUT2D eigenvalue weighted by molar-refractivity contribution is 0.482. The Hall–Kier alpha value is -1.77. The number of pyridine rings is 1. The van der Waals surface area contributed by atoms with Crippen molar-refractivity contribution in [3.63, 3.8) is 0 Å². The molecule has 0 aliphatic carbocycles. The zero-order valence-electron chi connectivity index (χ0n) is 7.24. The summed E-state index contributed by atoms with van der Waals surface area (Å²) in [7, 11) is 0. The van der Waals surface area contributed by atoms with E-state index < -0.39 is 11.8 Å². The van der Waals surface area contributed by atoms with Crippen LogP contribution in [0.5, 0.6) is 0 Å². The summed E-state index contributed by atoms with van der Waals surface area (Å²) < 4.78 is 26.0. The van der Waals surface area contributed by atoms with E-state index in [-0.39, 0.29) is 5.56 Å². The second kappa shape index (κ2) is 3.54. The van der Waals surface area contributed by atoms with E-state index in [2.05, 4.69) is 4.98 Å². The Balaban J connectivity index is 2.58. The first-order chi connectivity index (χ1) is 6.79. The highest BCUT2D eigenvalue weighted by molar-refractivity contribution is 5.63. The number of hydrogen-bond donors (Lipinski definition) is 0. The van der Waals surface area contributed by atoms with Crippen LogP contribution >= 0.6 is 0 Å². The molecule has 0 fully saturated rings. The first-order valence-corrected chi connectivity index (χ1v) is 4.14. The second-order valence-electron chi connectivity index (χ2n) is 2.83. The van der Waals surface area contributed by atoms with Crippen molar-refractivity contribution in [2.75, 3.05) is 0 Å². The van der Waals surface area contributed by atoms with Crippen LogP contribution in [0.25, 0.3) is 11.1 Å². The SMILES string of the molecule is Fc1nccc(-c2ccccc2)c1F. The highest BCUT2D eigenvalue weighted by Gasteiger charge is 2.09. The van der Waals surface area contributed by atoms with Crippen LogP contribution in [-0.4, -0.2) is 4.98 Å². The molecule has 1 aromatic heterocycles. The van der Waals surface area contributed by atoms with Crippen LogP contribution in [0.2, 0.25) is 0 Å². The summed E-state index contributed by atoms with van der Waals surface area (Å²) in [4.78, 5) is 3.22. The van der Waals surface area contributed by atoms with E-state index in [1.54, 1.807) is 24.3 Å². The molecule has 14 heavy (non-hydrogen) atoms. The zero-order valence-corrected chi connectivity index (χ0v) is 7.24. The van der Waals surface area contributed by atoms with E-state index >= 15 is 0 Å². The quantitative estimate of drug-likeness (QED) is 0.631. The summed E-state index contributed by atoms with van der Waals surface area (Å²) in [5.41, 5.74) is 0.879. The number of rotatable bonds is 1. The van der Waals surface area contributed by atoms with E-state index in [1.807, 2.05) is 6.07 Å². The van der Waals surface area contributed by atoms with Gasteiger partial charge in [-0.2, -0.15) is 4.39 Å². The van der Waals surface area contributed by atoms with Gasteiger partial charge in [-0.3, -0.25) is 0 Å². The van der Waals surface area contributed by atoms with E-state index in [0.717, 1.165) is 0 Å². The largest absolute Gasteiger partial charge is 0.249 e. The van der Waals surface area contributed by atoms with E-state index in [1.165, 1.54) is 12.3 Å². The minimum atomic E-state index is -1.06. The molecule has 0 saturated heterocycles. The van der Waals surface area contributed by atoms with Gasteiger partial charge in [-0.1, -0.05) is 30.3 Å². The smallest absolute Gasteiger partial charge is 0.226 e. The maximum atomic E-state index is 13.2. The van der Waals surface area contributed by atoms with Crippen molar-refractivity contribution in [1.29, 1.82) is 0 Å². The first-order valence-electron chi connectivity index (χ1n) is 4.14. The van der Waals surface area contributed by atoms with Crippen LogP contribution in [0.15, 0.2) is 42.6 Å². The molecular formula is C11H7F2N. The summed E-state index contributed by atoms with van der Waals surface area (Å²) in [6.45, 7) is 0. The van der Waals surface area contributed by atoms with Gasteiger partial charge in [0.2, 0.25) is 5.95 Å². The average molecular weight is 191 g/mol. The molecule has 70 valence electrons. The van der Waals surface area contributed by atoms with Crippen molar-refractivity contribution < 1.29 is 8.78 Å². The number of hydrogen-bond acceptors (Lipinski definition) is 1. The molecule has 1 heterocycles. The van der Waals surface area contributed by atoms with E-state index in [0.29, 0.717) is 5.56 Å². The summed E-state index contributed by atoms with van der Waals surface area (Å²) in [5.74, 6) is -1.97. The average Bonchev–Trinajstić information content (AvgIpc) is 2.23. The third-order valence-electron chi connectivity index (χ3n) is 1.93. The normalized spacial score (nSPS) is 10.1. The number of benzene rings is 1. The summed E-state index contributed by atoms with van der Waals surface area (Å²) in [6, 6.07) is 10.3. The van der Waals surface area contributed by atoms with Crippen molar-refractivity contribution in [1.82, 2.24) is 4.98 Å². The lowest BCUT2D eigenvalue weighted by atomic mass is 10.1. The molecule has 0 saturated carbocycles. The molecule has 3 heteroatoms. The highest BCUT2D eigenvalue weighted by atomic mass is 19.2. The first kappa shape index (κ1) is 8.81. The van der Waals surface area contributed by atoms with Gasteiger partial charge in [0.1, 0.15) is 0 Å². The molecule has 2 aromatic rings. The Morgan fingerprint density at radius 1 is 0.929 bits per heavy atom. The molecule has 0 unspecified atom stereocenters. The van der Waals surface area contributed by atoms with Crippen LogP contribution in [0.1, 0.15) is 0 Å². The minimum absolute atomic E-state index is 0.234. The maximum absolute atomic E-state index is 13.2. The zero-order chi connectivity index (χ0) is 9.97. The summed E-state index contributed by atoms with van der Waals surface area (Å²) in [5, 5.41) is 0. The highest BCUT2D eigenvalue weighted by Crippen LogP contribution is 2.22. The fraction of sp³-hybridized carbons (Fsp3) is 0. The molecule has 0 aliphatic rings. The van der Waals surface area contributed by atoms with Crippen molar-refractivity contribution in [2.24, 2.45) is 0 Å². The Kier molecular flexibility index (Phi) is 2.23. The molecule has 0 radical (unpaired) electrons. The fourth-order valence-electron chi connectivity index (χ4n) is 1.26. The molecule has 0 bridgehead atoms. The van der Waals surface area contributed by atoms with Gasteiger partial charge in [0, 0.05) is 11.8 Å². The minimum Gasteiger partial charge on any atom is -0.226 e. The van der Waals surface area contributed by atoms with Crippen LogP contribution in [0.4, 0.5) is 8.78 Å². The van der Waals surface area contributed by atoms with Crippen LogP contribution in [-0.2, 0) is 0 Å². The van der Waals surface area contributed by atoms with Crippen molar-refractivity contribution in [3.8, 4) is 11.1 Å². The molecule has 2 rings (SSSR count). The predicted molar refractivity (Wildman–Crippen MR) is 49.6 cm³/mol. The lowest BCUT2D eigenvalue weighted by Gasteiger charge is -2.02. The molecule has 0 atom stereocenters. The van der Waals surface area contributed by atoms with Crippen LogP contribution in [0, 0.1) is 11.8 Å². The van der Waals surface area contributed by atoms with Gasteiger partial charge in [-0.15, -0.1) is 0 Å². The molecular weight excluding hydrogens is 184 g/mol. The molecule has 0 amide bonds. The Bertz CT molecular complexity index is 440. The predicted octanol–water partition coefficient (Wildman–Crippen LogP) is 3.03. The van der Waals surface area contributed by atoms with Gasteiger partial charge in [-0.25, -0.2) is 9.37 Å². The Morgan fingerprint density at radius 3 is 2.36 bits per heavy atom. The van der Waals surface area contributed by atoms with Gasteiger partial charge in [0.25, 0.3) is 0 Å². The Morgan fingerprint density at radius 2 is 1.64 bits per heavy atom. The maximum Gasteiger partial charge on any atom is 0.249 e. The van der Waals surface area contributed by atoms with E-state index in [9.17, 15) is 8.78 Å². The monoisotopic (exact) mass is 191 g/mol. The van der Waals surface area contributed by atoms with Gasteiger partial charge < -0.3 is 0 Å². The third-order valence-corrected chi connectivity index (χ3v) is 1.93. The van der Waals surface area contributed by atoms with Crippen molar-refractivity contribution in [2.45, 2.75) is 0 Å². The lowest BCUT2D eigenvalue weighted by Crippen LogP contribution is -1.92.